The van der Waals surface area contributed by atoms with Crippen molar-refractivity contribution in [3.63, 3.8) is 0 Å². The Hall–Kier alpha value is -3.22. The summed E-state index contributed by atoms with van der Waals surface area (Å²) in [5.41, 5.74) is 2.01. The van der Waals surface area contributed by atoms with E-state index in [1.54, 1.807) is 35.4 Å². The first kappa shape index (κ1) is 18.6. The van der Waals surface area contributed by atoms with E-state index in [4.69, 9.17) is 0 Å². The highest BCUT2D eigenvalue weighted by Crippen LogP contribution is 2.15. The van der Waals surface area contributed by atoms with Gasteiger partial charge in [0.05, 0.1) is 18.6 Å². The average molecular weight is 369 g/mol. The van der Waals surface area contributed by atoms with E-state index in [0.717, 1.165) is 11.1 Å². The van der Waals surface area contributed by atoms with Crippen LogP contribution in [0.3, 0.4) is 0 Å². The molecule has 0 unspecified atom stereocenters. The molecular formula is C20H21F2N5. The fourth-order valence-electron chi connectivity index (χ4n) is 2.60. The van der Waals surface area contributed by atoms with E-state index in [-0.39, 0.29) is 11.6 Å². The molecule has 27 heavy (non-hydrogen) atoms. The third-order valence-electron chi connectivity index (χ3n) is 3.91. The second-order valence-electron chi connectivity index (χ2n) is 5.93. The van der Waals surface area contributed by atoms with Crippen LogP contribution in [0.5, 0.6) is 0 Å². The first-order chi connectivity index (χ1) is 13.2. The van der Waals surface area contributed by atoms with E-state index in [1.807, 2.05) is 19.1 Å². The number of nitrogens with one attached hydrogen (secondary N) is 2. The number of aromatic nitrogens is 2. The van der Waals surface area contributed by atoms with Crippen molar-refractivity contribution in [2.75, 3.05) is 6.54 Å². The fraction of sp³-hybridized carbons (Fsp3) is 0.200. The van der Waals surface area contributed by atoms with Gasteiger partial charge in [-0.2, -0.15) is 0 Å². The molecule has 0 aliphatic rings. The molecule has 0 atom stereocenters. The lowest BCUT2D eigenvalue weighted by Gasteiger charge is -2.12. The molecule has 0 fully saturated rings. The second-order valence-corrected chi connectivity index (χ2v) is 5.93. The molecule has 0 spiro atoms. The first-order valence-corrected chi connectivity index (χ1v) is 8.69. The van der Waals surface area contributed by atoms with Gasteiger partial charge in [-0.25, -0.2) is 18.8 Å². The molecule has 5 nitrogen and oxygen atoms in total. The van der Waals surface area contributed by atoms with Crippen molar-refractivity contribution in [1.29, 1.82) is 0 Å². The molecule has 0 amide bonds. The summed E-state index contributed by atoms with van der Waals surface area (Å²) in [6.45, 7) is 3.40. The predicted molar refractivity (Wildman–Crippen MR) is 102 cm³/mol. The Balaban J connectivity index is 1.65. The molecule has 7 heteroatoms. The summed E-state index contributed by atoms with van der Waals surface area (Å²) in [5.74, 6) is -0.0241. The van der Waals surface area contributed by atoms with Crippen LogP contribution in [0, 0.1) is 11.6 Å². The van der Waals surface area contributed by atoms with E-state index in [9.17, 15) is 8.78 Å². The van der Waals surface area contributed by atoms with Crippen molar-refractivity contribution in [1.82, 2.24) is 20.2 Å². The third-order valence-corrected chi connectivity index (χ3v) is 3.91. The van der Waals surface area contributed by atoms with Gasteiger partial charge in [0.25, 0.3) is 0 Å². The zero-order valence-corrected chi connectivity index (χ0v) is 15.0. The zero-order chi connectivity index (χ0) is 19.1. The van der Waals surface area contributed by atoms with Crippen LogP contribution in [0.15, 0.2) is 66.2 Å². The highest BCUT2D eigenvalue weighted by atomic mass is 19.1. The molecule has 2 N–H and O–H groups in total. The molecule has 0 radical (unpaired) electrons. The van der Waals surface area contributed by atoms with Gasteiger partial charge in [-0.15, -0.1) is 0 Å². The van der Waals surface area contributed by atoms with Gasteiger partial charge in [-0.05, 0) is 42.3 Å². The molecule has 0 saturated carbocycles. The van der Waals surface area contributed by atoms with E-state index < -0.39 is 0 Å². The van der Waals surface area contributed by atoms with E-state index in [1.165, 1.54) is 18.2 Å². The first-order valence-electron chi connectivity index (χ1n) is 8.69. The standard InChI is InChI=1S/C20H21F2N5/c1-2-24-20(25-12-15-4-3-5-17(21)10-15)26-13-16-6-7-19(18(22)11-16)27-9-8-23-14-27/h3-11,14H,2,12-13H2,1H3,(H2,24,25,26). The summed E-state index contributed by atoms with van der Waals surface area (Å²) in [6.07, 6.45) is 4.85. The minimum absolute atomic E-state index is 0.283. The second kappa shape index (κ2) is 8.93. The minimum atomic E-state index is -0.325. The molecule has 2 aromatic carbocycles. The van der Waals surface area contributed by atoms with Gasteiger partial charge < -0.3 is 15.2 Å². The Bertz CT molecular complexity index is 906. The lowest BCUT2D eigenvalue weighted by Crippen LogP contribution is -2.36. The van der Waals surface area contributed by atoms with Gasteiger partial charge in [0.1, 0.15) is 11.6 Å². The van der Waals surface area contributed by atoms with E-state index in [0.29, 0.717) is 31.3 Å². The Labute approximate surface area is 156 Å². The van der Waals surface area contributed by atoms with Gasteiger partial charge in [-0.3, -0.25) is 0 Å². The number of imidazole rings is 1. The Kier molecular flexibility index (Phi) is 6.14. The third kappa shape index (κ3) is 5.13. The smallest absolute Gasteiger partial charge is 0.191 e. The molecule has 140 valence electrons. The van der Waals surface area contributed by atoms with Crippen molar-refractivity contribution in [3.05, 3.63) is 83.9 Å². The highest BCUT2D eigenvalue weighted by Gasteiger charge is 2.06. The number of nitrogens with zero attached hydrogens (tertiary/aromatic N) is 3. The maximum absolute atomic E-state index is 14.3. The van der Waals surface area contributed by atoms with Crippen LogP contribution in [-0.2, 0) is 13.1 Å². The average Bonchev–Trinajstić information content (AvgIpc) is 3.18. The maximum Gasteiger partial charge on any atom is 0.191 e. The summed E-state index contributed by atoms with van der Waals surface area (Å²) < 4.78 is 29.2. The molecule has 0 bridgehead atoms. The monoisotopic (exact) mass is 369 g/mol. The summed E-state index contributed by atoms with van der Waals surface area (Å²) in [5, 5.41) is 6.29. The Morgan fingerprint density at radius 2 is 2.00 bits per heavy atom. The van der Waals surface area contributed by atoms with Crippen LogP contribution in [0.4, 0.5) is 8.78 Å². The van der Waals surface area contributed by atoms with Gasteiger partial charge in [0.15, 0.2) is 5.96 Å². The van der Waals surface area contributed by atoms with Crippen LogP contribution >= 0.6 is 0 Å². The molecule has 0 saturated heterocycles. The van der Waals surface area contributed by atoms with E-state index in [2.05, 4.69) is 20.6 Å². The van der Waals surface area contributed by atoms with Crippen molar-refractivity contribution in [3.8, 4) is 5.69 Å². The SMILES string of the molecule is CCNC(=NCc1cccc(F)c1)NCc1ccc(-n2ccnc2)c(F)c1. The van der Waals surface area contributed by atoms with Crippen molar-refractivity contribution in [2.24, 2.45) is 4.99 Å². The van der Waals surface area contributed by atoms with Crippen molar-refractivity contribution >= 4 is 5.96 Å². The number of halogens is 2. The summed E-state index contributed by atoms with van der Waals surface area (Å²) in [7, 11) is 0. The van der Waals surface area contributed by atoms with Crippen LogP contribution < -0.4 is 10.6 Å². The maximum atomic E-state index is 14.3. The fourth-order valence-corrected chi connectivity index (χ4v) is 2.60. The van der Waals surface area contributed by atoms with E-state index >= 15 is 0 Å². The van der Waals surface area contributed by atoms with Gasteiger partial charge >= 0.3 is 0 Å². The Morgan fingerprint density at radius 3 is 2.70 bits per heavy atom. The van der Waals surface area contributed by atoms with Crippen molar-refractivity contribution < 1.29 is 8.78 Å². The molecule has 3 aromatic rings. The number of benzene rings is 2. The highest BCUT2D eigenvalue weighted by molar-refractivity contribution is 5.79. The quantitative estimate of drug-likeness (QED) is 0.517. The van der Waals surface area contributed by atoms with Crippen LogP contribution in [-0.4, -0.2) is 22.1 Å². The largest absolute Gasteiger partial charge is 0.357 e. The van der Waals surface area contributed by atoms with Gasteiger partial charge in [0.2, 0.25) is 0 Å². The van der Waals surface area contributed by atoms with Crippen LogP contribution in [0.2, 0.25) is 0 Å². The number of aliphatic imine (C=N–C) groups is 1. The number of guanidine groups is 1. The number of hydrogen-bond acceptors (Lipinski definition) is 2. The van der Waals surface area contributed by atoms with Crippen LogP contribution in [0.25, 0.3) is 5.69 Å². The molecule has 1 heterocycles. The minimum Gasteiger partial charge on any atom is -0.357 e. The predicted octanol–water partition coefficient (Wildman–Crippen LogP) is 3.41. The normalized spacial score (nSPS) is 11.4. The number of rotatable bonds is 6. The summed E-state index contributed by atoms with van der Waals surface area (Å²) in [6, 6.07) is 11.4. The van der Waals surface area contributed by atoms with Gasteiger partial charge in [0, 0.05) is 25.5 Å². The summed E-state index contributed by atoms with van der Waals surface area (Å²) in [4.78, 5) is 8.37. The van der Waals surface area contributed by atoms with Crippen LogP contribution in [0.1, 0.15) is 18.1 Å². The van der Waals surface area contributed by atoms with Crippen molar-refractivity contribution in [2.45, 2.75) is 20.0 Å². The lowest BCUT2D eigenvalue weighted by atomic mass is 10.2. The molecular weight excluding hydrogens is 348 g/mol. The topological polar surface area (TPSA) is 54.2 Å². The Morgan fingerprint density at radius 1 is 1.11 bits per heavy atom. The molecule has 3 rings (SSSR count). The number of hydrogen-bond donors (Lipinski definition) is 2. The molecule has 1 aromatic heterocycles. The molecule has 0 aliphatic carbocycles. The lowest BCUT2D eigenvalue weighted by molar-refractivity contribution is 0.615. The molecule has 0 aliphatic heterocycles. The zero-order valence-electron chi connectivity index (χ0n) is 15.0. The van der Waals surface area contributed by atoms with Gasteiger partial charge in [-0.1, -0.05) is 18.2 Å². The summed E-state index contributed by atoms with van der Waals surface area (Å²) >= 11 is 0.